The molecule has 0 radical (unpaired) electrons. The zero-order valence-electron chi connectivity index (χ0n) is 10.8. The van der Waals surface area contributed by atoms with Crippen LogP contribution in [0.15, 0.2) is 24.3 Å². The molecule has 3 nitrogen and oxygen atoms in total. The maximum absolute atomic E-state index is 12.3. The number of nitrogens with one attached hydrogen (secondary N) is 2. The van der Waals surface area contributed by atoms with Gasteiger partial charge in [-0.3, -0.25) is 4.79 Å². The van der Waals surface area contributed by atoms with Gasteiger partial charge in [-0.25, -0.2) is 0 Å². The van der Waals surface area contributed by atoms with E-state index in [-0.39, 0.29) is 11.8 Å². The molecule has 2 aliphatic rings. The highest BCUT2D eigenvalue weighted by Gasteiger charge is 2.38. The highest BCUT2D eigenvalue weighted by Crippen LogP contribution is 2.36. The van der Waals surface area contributed by atoms with Crippen LogP contribution < -0.4 is 10.6 Å². The molecule has 3 atom stereocenters. The van der Waals surface area contributed by atoms with E-state index in [1.807, 2.05) is 12.1 Å². The SMILES string of the molecule is CCC1CC1NC(=O)C1CCNc2ccccc21. The molecule has 0 bridgehead atoms. The van der Waals surface area contributed by atoms with Crippen molar-refractivity contribution in [3.8, 4) is 0 Å². The summed E-state index contributed by atoms with van der Waals surface area (Å²) in [5, 5.41) is 6.56. The van der Waals surface area contributed by atoms with Gasteiger partial charge in [0.25, 0.3) is 0 Å². The molecule has 1 aliphatic carbocycles. The second-order valence-corrected chi connectivity index (χ2v) is 5.37. The fourth-order valence-corrected chi connectivity index (χ4v) is 2.90. The normalized spacial score (nSPS) is 29.1. The first-order chi connectivity index (χ1) is 8.79. The first kappa shape index (κ1) is 11.6. The number of hydrogen-bond acceptors (Lipinski definition) is 2. The van der Waals surface area contributed by atoms with E-state index >= 15 is 0 Å². The van der Waals surface area contributed by atoms with Crippen molar-refractivity contribution in [3.63, 3.8) is 0 Å². The molecule has 3 unspecified atom stereocenters. The Labute approximate surface area is 108 Å². The molecule has 1 heterocycles. The van der Waals surface area contributed by atoms with Crippen molar-refractivity contribution in [2.45, 2.75) is 38.1 Å². The average Bonchev–Trinajstić information content (AvgIpc) is 3.16. The zero-order valence-corrected chi connectivity index (χ0v) is 10.8. The number of anilines is 1. The van der Waals surface area contributed by atoms with E-state index < -0.39 is 0 Å². The standard InChI is InChI=1S/C15H20N2O/c1-2-10-9-14(10)17-15(18)12-7-8-16-13-6-4-3-5-11(12)13/h3-6,10,12,14,16H,2,7-9H2,1H3,(H,17,18). The summed E-state index contributed by atoms with van der Waals surface area (Å²) in [6.45, 7) is 3.08. The van der Waals surface area contributed by atoms with Gasteiger partial charge in [-0.05, 0) is 30.4 Å². The van der Waals surface area contributed by atoms with Gasteiger partial charge in [-0.15, -0.1) is 0 Å². The molecule has 0 saturated heterocycles. The second kappa shape index (κ2) is 4.63. The number of carbonyl (C=O) groups excluding carboxylic acids is 1. The molecule has 3 rings (SSSR count). The molecule has 1 aromatic carbocycles. The molecule has 96 valence electrons. The second-order valence-electron chi connectivity index (χ2n) is 5.37. The van der Waals surface area contributed by atoms with Crippen molar-refractivity contribution < 1.29 is 4.79 Å². The Morgan fingerprint density at radius 3 is 3.06 bits per heavy atom. The molecule has 1 fully saturated rings. The van der Waals surface area contributed by atoms with Gasteiger partial charge < -0.3 is 10.6 Å². The van der Waals surface area contributed by atoms with Crippen LogP contribution in [-0.4, -0.2) is 18.5 Å². The molecule has 3 heteroatoms. The lowest BCUT2D eigenvalue weighted by atomic mass is 9.90. The molecule has 1 aliphatic heterocycles. The predicted octanol–water partition coefficient (Wildman–Crippen LogP) is 2.50. The summed E-state index contributed by atoms with van der Waals surface area (Å²) in [7, 11) is 0. The molecular formula is C15H20N2O. The number of amides is 1. The van der Waals surface area contributed by atoms with Crippen LogP contribution in [0.5, 0.6) is 0 Å². The summed E-state index contributed by atoms with van der Waals surface area (Å²) in [4.78, 5) is 12.3. The Hall–Kier alpha value is -1.51. The molecule has 18 heavy (non-hydrogen) atoms. The third-order valence-electron chi connectivity index (χ3n) is 4.18. The fourth-order valence-electron chi connectivity index (χ4n) is 2.90. The van der Waals surface area contributed by atoms with Crippen LogP contribution in [0, 0.1) is 5.92 Å². The van der Waals surface area contributed by atoms with Crippen molar-refractivity contribution >= 4 is 11.6 Å². The van der Waals surface area contributed by atoms with Crippen LogP contribution in [-0.2, 0) is 4.79 Å². The minimum Gasteiger partial charge on any atom is -0.385 e. The highest BCUT2D eigenvalue weighted by molar-refractivity contribution is 5.86. The van der Waals surface area contributed by atoms with Gasteiger partial charge in [0.15, 0.2) is 0 Å². The Balaban J connectivity index is 1.71. The number of benzene rings is 1. The van der Waals surface area contributed by atoms with Gasteiger partial charge in [0.1, 0.15) is 0 Å². The first-order valence-corrected chi connectivity index (χ1v) is 6.92. The summed E-state index contributed by atoms with van der Waals surface area (Å²) in [6, 6.07) is 8.58. The topological polar surface area (TPSA) is 41.1 Å². The Kier molecular flexibility index (Phi) is 2.98. The fraction of sp³-hybridized carbons (Fsp3) is 0.533. The minimum atomic E-state index is 0.0283. The average molecular weight is 244 g/mol. The number of rotatable bonds is 3. The summed E-state index contributed by atoms with van der Waals surface area (Å²) >= 11 is 0. The lowest BCUT2D eigenvalue weighted by molar-refractivity contribution is -0.122. The van der Waals surface area contributed by atoms with Gasteiger partial charge >= 0.3 is 0 Å². The van der Waals surface area contributed by atoms with Gasteiger partial charge in [0.05, 0.1) is 5.92 Å². The van der Waals surface area contributed by atoms with Gasteiger partial charge in [0, 0.05) is 18.3 Å². The largest absolute Gasteiger partial charge is 0.385 e. The maximum Gasteiger partial charge on any atom is 0.227 e. The highest BCUT2D eigenvalue weighted by atomic mass is 16.2. The van der Waals surface area contributed by atoms with Crippen molar-refractivity contribution in [2.75, 3.05) is 11.9 Å². The summed E-state index contributed by atoms with van der Waals surface area (Å²) in [5.41, 5.74) is 2.27. The third-order valence-corrected chi connectivity index (χ3v) is 4.18. The Morgan fingerprint density at radius 2 is 2.28 bits per heavy atom. The molecule has 1 amide bonds. The van der Waals surface area contributed by atoms with E-state index in [0.29, 0.717) is 12.0 Å². The van der Waals surface area contributed by atoms with E-state index in [1.165, 1.54) is 6.42 Å². The summed E-state index contributed by atoms with van der Waals surface area (Å²) < 4.78 is 0. The first-order valence-electron chi connectivity index (χ1n) is 6.92. The monoisotopic (exact) mass is 244 g/mol. The molecule has 0 aromatic heterocycles. The number of para-hydroxylation sites is 1. The molecular weight excluding hydrogens is 224 g/mol. The summed E-state index contributed by atoms with van der Waals surface area (Å²) in [5.74, 6) is 0.955. The van der Waals surface area contributed by atoms with Crippen molar-refractivity contribution in [2.24, 2.45) is 5.92 Å². The maximum atomic E-state index is 12.3. The number of carbonyl (C=O) groups is 1. The van der Waals surface area contributed by atoms with E-state index in [0.717, 1.165) is 30.6 Å². The van der Waals surface area contributed by atoms with Crippen molar-refractivity contribution in [3.05, 3.63) is 29.8 Å². The quantitative estimate of drug-likeness (QED) is 0.857. The molecule has 1 aromatic rings. The Bertz CT molecular complexity index is 458. The van der Waals surface area contributed by atoms with Crippen LogP contribution in [0.1, 0.15) is 37.7 Å². The molecule has 2 N–H and O–H groups in total. The molecule has 0 spiro atoms. The Morgan fingerprint density at radius 1 is 1.44 bits per heavy atom. The minimum absolute atomic E-state index is 0.0283. The zero-order chi connectivity index (χ0) is 12.5. The third kappa shape index (κ3) is 2.09. The summed E-state index contributed by atoms with van der Waals surface area (Å²) in [6.07, 6.45) is 3.23. The van der Waals surface area contributed by atoms with Crippen LogP contribution in [0.25, 0.3) is 0 Å². The molecule has 1 saturated carbocycles. The van der Waals surface area contributed by atoms with Crippen molar-refractivity contribution in [1.82, 2.24) is 5.32 Å². The van der Waals surface area contributed by atoms with Crippen LogP contribution in [0.4, 0.5) is 5.69 Å². The lowest BCUT2D eigenvalue weighted by Gasteiger charge is -2.26. The van der Waals surface area contributed by atoms with E-state index in [9.17, 15) is 4.79 Å². The van der Waals surface area contributed by atoms with Crippen LogP contribution in [0.3, 0.4) is 0 Å². The van der Waals surface area contributed by atoms with E-state index in [2.05, 4.69) is 29.7 Å². The smallest absolute Gasteiger partial charge is 0.227 e. The number of fused-ring (bicyclic) bond motifs is 1. The van der Waals surface area contributed by atoms with E-state index in [4.69, 9.17) is 0 Å². The van der Waals surface area contributed by atoms with Crippen LogP contribution >= 0.6 is 0 Å². The van der Waals surface area contributed by atoms with Crippen molar-refractivity contribution in [1.29, 1.82) is 0 Å². The van der Waals surface area contributed by atoms with Gasteiger partial charge in [-0.2, -0.15) is 0 Å². The predicted molar refractivity (Wildman–Crippen MR) is 72.6 cm³/mol. The van der Waals surface area contributed by atoms with Gasteiger partial charge in [-0.1, -0.05) is 31.5 Å². The van der Waals surface area contributed by atoms with Crippen LogP contribution in [0.2, 0.25) is 0 Å². The van der Waals surface area contributed by atoms with E-state index in [1.54, 1.807) is 0 Å². The number of hydrogen-bond donors (Lipinski definition) is 2. The van der Waals surface area contributed by atoms with Gasteiger partial charge in [0.2, 0.25) is 5.91 Å². The lowest BCUT2D eigenvalue weighted by Crippen LogP contribution is -2.34.